The maximum atomic E-state index is 13.3. The Morgan fingerprint density at radius 3 is 2.43 bits per heavy atom. The van der Waals surface area contributed by atoms with Crippen molar-refractivity contribution in [2.45, 2.75) is 45.6 Å². The van der Waals surface area contributed by atoms with Crippen LogP contribution in [-0.4, -0.2) is 62.3 Å². The molecule has 8 nitrogen and oxygen atoms in total. The molecule has 1 aliphatic rings. The molecule has 1 saturated heterocycles. The summed E-state index contributed by atoms with van der Waals surface area (Å²) >= 11 is 0. The number of likely N-dealkylation sites (tertiary alicyclic amines) is 1. The molecule has 200 valence electrons. The molecule has 0 saturated carbocycles. The van der Waals surface area contributed by atoms with E-state index in [0.717, 1.165) is 19.3 Å². The number of carbonyl (C=O) groups is 2. The fourth-order valence-electron chi connectivity index (χ4n) is 4.24. The van der Waals surface area contributed by atoms with Gasteiger partial charge in [-0.05, 0) is 49.1 Å². The number of carbonyl (C=O) groups excluding carboxylic acids is 2. The predicted octanol–water partition coefficient (Wildman–Crippen LogP) is 5.12. The van der Waals surface area contributed by atoms with E-state index in [0.29, 0.717) is 54.6 Å². The Labute approximate surface area is 218 Å². The summed E-state index contributed by atoms with van der Waals surface area (Å²) < 4.78 is 22.3. The second kappa shape index (κ2) is 13.7. The van der Waals surface area contributed by atoms with Crippen LogP contribution in [0, 0.1) is 0 Å². The zero-order valence-corrected chi connectivity index (χ0v) is 22.1. The van der Waals surface area contributed by atoms with Crippen molar-refractivity contribution in [1.29, 1.82) is 0 Å². The van der Waals surface area contributed by atoms with Gasteiger partial charge in [-0.3, -0.25) is 9.59 Å². The molecule has 37 heavy (non-hydrogen) atoms. The van der Waals surface area contributed by atoms with E-state index >= 15 is 0 Å². The van der Waals surface area contributed by atoms with Gasteiger partial charge in [-0.15, -0.1) is 0 Å². The van der Waals surface area contributed by atoms with E-state index < -0.39 is 17.7 Å². The van der Waals surface area contributed by atoms with Crippen molar-refractivity contribution < 1.29 is 33.6 Å². The van der Waals surface area contributed by atoms with Crippen LogP contribution in [0.4, 0.5) is 0 Å². The van der Waals surface area contributed by atoms with Crippen molar-refractivity contribution in [2.75, 3.05) is 40.6 Å². The summed E-state index contributed by atoms with van der Waals surface area (Å²) in [7, 11) is 3.13. The first kappa shape index (κ1) is 28.1. The monoisotopic (exact) mass is 511 g/mol. The number of aliphatic hydroxyl groups is 1. The lowest BCUT2D eigenvalue weighted by Gasteiger charge is -2.26. The van der Waals surface area contributed by atoms with E-state index in [1.165, 1.54) is 4.90 Å². The molecule has 0 radical (unpaired) electrons. The largest absolute Gasteiger partial charge is 0.507 e. The third-order valence-electron chi connectivity index (χ3n) is 6.13. The molecule has 2 aromatic carbocycles. The molecule has 1 unspecified atom stereocenters. The molecule has 1 fully saturated rings. The molecule has 1 amide bonds. The maximum Gasteiger partial charge on any atom is 0.295 e. The fourth-order valence-corrected chi connectivity index (χ4v) is 4.24. The van der Waals surface area contributed by atoms with Gasteiger partial charge in [0.25, 0.3) is 11.7 Å². The molecular formula is C29H37NO7. The highest BCUT2D eigenvalue weighted by atomic mass is 16.5. The van der Waals surface area contributed by atoms with Crippen molar-refractivity contribution in [2.24, 2.45) is 0 Å². The Bertz CT molecular complexity index is 1110. The van der Waals surface area contributed by atoms with Crippen LogP contribution in [0.5, 0.6) is 17.2 Å². The Kier molecular flexibility index (Phi) is 10.4. The van der Waals surface area contributed by atoms with Gasteiger partial charge in [0.15, 0.2) is 11.5 Å². The van der Waals surface area contributed by atoms with Gasteiger partial charge in [-0.1, -0.05) is 38.5 Å². The molecule has 1 atom stereocenters. The molecule has 0 spiro atoms. The first-order chi connectivity index (χ1) is 18.0. The highest BCUT2D eigenvalue weighted by Gasteiger charge is 2.46. The number of Topliss-reactive ketones (excluding diaryl/α,β-unsaturated/α-hetero) is 1. The molecule has 1 N–H and O–H groups in total. The van der Waals surface area contributed by atoms with Gasteiger partial charge in [0.2, 0.25) is 0 Å². The van der Waals surface area contributed by atoms with E-state index in [9.17, 15) is 14.7 Å². The van der Waals surface area contributed by atoms with Gasteiger partial charge in [0.1, 0.15) is 11.5 Å². The second-order valence-electron chi connectivity index (χ2n) is 8.83. The van der Waals surface area contributed by atoms with Crippen LogP contribution >= 0.6 is 0 Å². The highest BCUT2D eigenvalue weighted by Crippen LogP contribution is 2.42. The van der Waals surface area contributed by atoms with Crippen molar-refractivity contribution in [3.05, 3.63) is 59.2 Å². The van der Waals surface area contributed by atoms with Crippen LogP contribution in [0.15, 0.2) is 48.0 Å². The Balaban J connectivity index is 2.08. The van der Waals surface area contributed by atoms with Gasteiger partial charge in [0.05, 0.1) is 31.9 Å². The van der Waals surface area contributed by atoms with Crippen LogP contribution < -0.4 is 14.2 Å². The third kappa shape index (κ3) is 6.63. The highest BCUT2D eigenvalue weighted by molar-refractivity contribution is 6.46. The minimum absolute atomic E-state index is 0.0248. The average molecular weight is 512 g/mol. The van der Waals surface area contributed by atoms with E-state index in [1.807, 2.05) is 6.92 Å². The smallest absolute Gasteiger partial charge is 0.295 e. The molecule has 2 aromatic rings. The number of amides is 1. The minimum atomic E-state index is -0.796. The van der Waals surface area contributed by atoms with Crippen LogP contribution in [0.25, 0.3) is 5.76 Å². The molecule has 3 rings (SSSR count). The van der Waals surface area contributed by atoms with E-state index in [2.05, 4.69) is 6.92 Å². The van der Waals surface area contributed by atoms with Gasteiger partial charge in [0, 0.05) is 25.8 Å². The van der Waals surface area contributed by atoms with Crippen LogP contribution in [-0.2, 0) is 14.3 Å². The quantitative estimate of drug-likeness (QED) is 0.163. The molecule has 0 aromatic heterocycles. The summed E-state index contributed by atoms with van der Waals surface area (Å²) in [6.07, 6.45) is 3.28. The first-order valence-electron chi connectivity index (χ1n) is 12.8. The second-order valence-corrected chi connectivity index (χ2v) is 8.83. The van der Waals surface area contributed by atoms with Crippen LogP contribution in [0.2, 0.25) is 0 Å². The standard InChI is InChI=1S/C29H37NO7/c1-5-7-17-37-23-13-12-20(19-24(23)35-4)26-25(28(32)29(33)30(26)14-9-16-34-3)27(31)21-10-8-11-22(18-21)36-15-6-2/h8,10-13,18-19,26,31H,5-7,9,14-17H2,1-4H3/b27-25+. The molecule has 0 aliphatic carbocycles. The zero-order chi connectivity index (χ0) is 26.8. The van der Waals surface area contributed by atoms with Gasteiger partial charge in [-0.2, -0.15) is 0 Å². The van der Waals surface area contributed by atoms with Crippen LogP contribution in [0.1, 0.15) is 56.7 Å². The maximum absolute atomic E-state index is 13.3. The Morgan fingerprint density at radius 1 is 0.919 bits per heavy atom. The Morgan fingerprint density at radius 2 is 1.73 bits per heavy atom. The van der Waals surface area contributed by atoms with E-state index in [4.69, 9.17) is 18.9 Å². The third-order valence-corrected chi connectivity index (χ3v) is 6.13. The van der Waals surface area contributed by atoms with Crippen molar-refractivity contribution >= 4 is 17.4 Å². The normalized spacial score (nSPS) is 16.8. The van der Waals surface area contributed by atoms with E-state index in [1.54, 1.807) is 56.7 Å². The number of rotatable bonds is 14. The number of benzene rings is 2. The van der Waals surface area contributed by atoms with Crippen molar-refractivity contribution in [3.63, 3.8) is 0 Å². The van der Waals surface area contributed by atoms with Crippen LogP contribution in [0.3, 0.4) is 0 Å². The summed E-state index contributed by atoms with van der Waals surface area (Å²) in [5.41, 5.74) is 1.06. The number of methoxy groups -OCH3 is 2. The lowest BCUT2D eigenvalue weighted by Crippen LogP contribution is -2.31. The number of aliphatic hydroxyl groups excluding tert-OH is 1. The van der Waals surface area contributed by atoms with Gasteiger partial charge >= 0.3 is 0 Å². The number of ketones is 1. The fraction of sp³-hybridized carbons (Fsp3) is 0.448. The summed E-state index contributed by atoms with van der Waals surface area (Å²) in [5, 5.41) is 11.3. The van der Waals surface area contributed by atoms with E-state index in [-0.39, 0.29) is 17.9 Å². The number of ether oxygens (including phenoxy) is 4. The molecule has 8 heteroatoms. The van der Waals surface area contributed by atoms with Gasteiger partial charge < -0.3 is 29.0 Å². The number of nitrogens with zero attached hydrogens (tertiary/aromatic N) is 1. The number of hydrogen-bond acceptors (Lipinski definition) is 7. The lowest BCUT2D eigenvalue weighted by molar-refractivity contribution is -0.140. The average Bonchev–Trinajstić information content (AvgIpc) is 3.17. The summed E-state index contributed by atoms with van der Waals surface area (Å²) in [4.78, 5) is 27.9. The number of unbranched alkanes of at least 4 members (excludes halogenated alkanes) is 1. The summed E-state index contributed by atoms with van der Waals surface area (Å²) in [5.74, 6) is 0.00183. The van der Waals surface area contributed by atoms with Crippen molar-refractivity contribution in [1.82, 2.24) is 4.90 Å². The SMILES string of the molecule is CCCCOc1ccc(C2/C(=C(\O)c3cccc(OCCC)c3)C(=O)C(=O)N2CCCOC)cc1OC. The van der Waals surface area contributed by atoms with Crippen molar-refractivity contribution in [3.8, 4) is 17.2 Å². The summed E-state index contributed by atoms with van der Waals surface area (Å²) in [6.45, 7) is 5.89. The summed E-state index contributed by atoms with van der Waals surface area (Å²) in [6, 6.07) is 11.4. The molecule has 0 bridgehead atoms. The number of hydrogen-bond donors (Lipinski definition) is 1. The minimum Gasteiger partial charge on any atom is -0.507 e. The molecular weight excluding hydrogens is 474 g/mol. The van der Waals surface area contributed by atoms with Gasteiger partial charge in [-0.25, -0.2) is 0 Å². The molecule has 1 aliphatic heterocycles. The zero-order valence-electron chi connectivity index (χ0n) is 22.1. The first-order valence-corrected chi connectivity index (χ1v) is 12.8. The lowest BCUT2D eigenvalue weighted by atomic mass is 9.95. The Hall–Kier alpha value is -3.52. The topological polar surface area (TPSA) is 94.5 Å². The predicted molar refractivity (Wildman–Crippen MR) is 141 cm³/mol. The molecule has 1 heterocycles.